The van der Waals surface area contributed by atoms with Crippen LogP contribution in [0, 0.1) is 17.2 Å². The summed E-state index contributed by atoms with van der Waals surface area (Å²) < 4.78 is 5.26. The number of hydrogen-bond acceptors (Lipinski definition) is 7. The molecule has 0 radical (unpaired) electrons. The molecule has 0 N–H and O–H groups in total. The molecule has 3 aliphatic heterocycles. The number of carbonyl (C=O) groups is 2. The lowest BCUT2D eigenvalue weighted by atomic mass is 9.81. The van der Waals surface area contributed by atoms with Crippen LogP contribution in [-0.4, -0.2) is 45.5 Å². The SMILES string of the molecule is CCOC(=O)[C@@H]1CC[C@@H](C#N)N1C(=O)C1=C(C(C)C)N2C(=N[C@@](C)(c3ccc(Cl)cc3)[C@H]2c2ccc(Cl)cc2)S1. The van der Waals surface area contributed by atoms with E-state index in [1.807, 2.05) is 62.4 Å². The zero-order valence-corrected chi connectivity index (χ0v) is 25.1. The van der Waals surface area contributed by atoms with Crippen molar-refractivity contribution in [3.8, 4) is 6.07 Å². The Morgan fingerprint density at radius 1 is 1.12 bits per heavy atom. The molecule has 5 rings (SSSR count). The van der Waals surface area contributed by atoms with E-state index in [9.17, 15) is 14.9 Å². The molecular formula is C30H30Cl2N4O3S. The number of nitriles is 1. The minimum Gasteiger partial charge on any atom is -0.464 e. The number of amides is 1. The second-order valence-corrected chi connectivity index (χ2v) is 12.4. The minimum absolute atomic E-state index is 0.0503. The molecule has 2 aromatic carbocycles. The fraction of sp³-hybridized carbons (Fsp3) is 0.400. The first kappa shape index (κ1) is 28.5. The zero-order chi connectivity index (χ0) is 28.8. The molecular weight excluding hydrogens is 567 g/mol. The highest BCUT2D eigenvalue weighted by Crippen LogP contribution is 2.56. The van der Waals surface area contributed by atoms with E-state index in [0.29, 0.717) is 33.0 Å². The Morgan fingerprint density at radius 2 is 1.75 bits per heavy atom. The van der Waals surface area contributed by atoms with Gasteiger partial charge < -0.3 is 14.5 Å². The van der Waals surface area contributed by atoms with Gasteiger partial charge in [0.25, 0.3) is 5.91 Å². The lowest BCUT2D eigenvalue weighted by Gasteiger charge is -2.37. The summed E-state index contributed by atoms with van der Waals surface area (Å²) in [7, 11) is 0. The van der Waals surface area contributed by atoms with Crippen LogP contribution < -0.4 is 0 Å². The molecule has 0 saturated carbocycles. The summed E-state index contributed by atoms with van der Waals surface area (Å²) in [6.45, 7) is 8.10. The van der Waals surface area contributed by atoms with E-state index in [1.165, 1.54) is 16.7 Å². The molecule has 0 spiro atoms. The summed E-state index contributed by atoms with van der Waals surface area (Å²) in [5.41, 5.74) is 2.11. The third-order valence-corrected chi connectivity index (χ3v) is 9.26. The molecule has 0 unspecified atom stereocenters. The van der Waals surface area contributed by atoms with Crippen LogP contribution in [0.3, 0.4) is 0 Å². The maximum atomic E-state index is 14.2. The van der Waals surface area contributed by atoms with Crippen molar-refractivity contribution in [2.24, 2.45) is 10.9 Å². The van der Waals surface area contributed by atoms with Crippen molar-refractivity contribution in [2.75, 3.05) is 6.61 Å². The van der Waals surface area contributed by atoms with Crippen LogP contribution in [0.4, 0.5) is 0 Å². The minimum atomic E-state index is -0.789. The number of nitrogens with zero attached hydrogens (tertiary/aromatic N) is 4. The van der Waals surface area contributed by atoms with Crippen LogP contribution >= 0.6 is 35.0 Å². The molecule has 10 heteroatoms. The Morgan fingerprint density at radius 3 is 2.33 bits per heavy atom. The summed E-state index contributed by atoms with van der Waals surface area (Å²) in [4.78, 5) is 36.3. The topological polar surface area (TPSA) is 86.0 Å². The maximum Gasteiger partial charge on any atom is 0.328 e. The molecule has 3 aliphatic rings. The first-order valence-electron chi connectivity index (χ1n) is 13.3. The highest BCUT2D eigenvalue weighted by atomic mass is 35.5. The molecule has 7 nitrogen and oxygen atoms in total. The van der Waals surface area contributed by atoms with Gasteiger partial charge in [-0.2, -0.15) is 5.26 Å². The number of carbonyl (C=O) groups excluding carboxylic acids is 2. The van der Waals surface area contributed by atoms with E-state index in [0.717, 1.165) is 16.8 Å². The van der Waals surface area contributed by atoms with Gasteiger partial charge in [-0.1, -0.05) is 61.3 Å². The van der Waals surface area contributed by atoms with Crippen LogP contribution in [-0.2, 0) is 19.9 Å². The van der Waals surface area contributed by atoms with Crippen LogP contribution in [0.25, 0.3) is 0 Å². The van der Waals surface area contributed by atoms with Gasteiger partial charge >= 0.3 is 5.97 Å². The number of esters is 1. The first-order valence-corrected chi connectivity index (χ1v) is 14.9. The zero-order valence-electron chi connectivity index (χ0n) is 22.7. The number of aliphatic imine (C=N–C) groups is 1. The molecule has 0 aliphatic carbocycles. The molecule has 1 amide bonds. The number of amidine groups is 1. The Hall–Kier alpha value is -2.99. The number of benzene rings is 2. The highest BCUT2D eigenvalue weighted by Gasteiger charge is 2.54. The normalized spacial score (nSPS) is 25.8. The van der Waals surface area contributed by atoms with Gasteiger partial charge in [-0.15, -0.1) is 0 Å². The fourth-order valence-electron chi connectivity index (χ4n) is 5.87. The fourth-order valence-corrected chi connectivity index (χ4v) is 7.48. The lowest BCUT2D eigenvalue weighted by Crippen LogP contribution is -2.46. The molecule has 2 aromatic rings. The van der Waals surface area contributed by atoms with E-state index >= 15 is 0 Å². The summed E-state index contributed by atoms with van der Waals surface area (Å²) in [6.07, 6.45) is 0.817. The number of likely N-dealkylation sites (tertiary alicyclic amines) is 1. The molecule has 40 heavy (non-hydrogen) atoms. The van der Waals surface area contributed by atoms with Crippen molar-refractivity contribution in [1.82, 2.24) is 9.80 Å². The lowest BCUT2D eigenvalue weighted by molar-refractivity contribution is -0.152. The Labute approximate surface area is 248 Å². The second kappa shape index (κ2) is 11.1. The van der Waals surface area contributed by atoms with Crippen LogP contribution in [0.15, 0.2) is 64.1 Å². The predicted molar refractivity (Wildman–Crippen MR) is 158 cm³/mol. The molecule has 0 aromatic heterocycles. The molecule has 208 valence electrons. The highest BCUT2D eigenvalue weighted by molar-refractivity contribution is 8.18. The monoisotopic (exact) mass is 596 g/mol. The number of allylic oxidation sites excluding steroid dienone is 1. The largest absolute Gasteiger partial charge is 0.464 e. The maximum absolute atomic E-state index is 14.2. The van der Waals surface area contributed by atoms with E-state index in [-0.39, 0.29) is 24.5 Å². The Kier molecular flexibility index (Phi) is 7.93. The van der Waals surface area contributed by atoms with Crippen LogP contribution in [0.5, 0.6) is 0 Å². The number of hydrogen-bond donors (Lipinski definition) is 0. The smallest absolute Gasteiger partial charge is 0.328 e. The first-order chi connectivity index (χ1) is 19.1. The van der Waals surface area contributed by atoms with Gasteiger partial charge in [0.2, 0.25) is 0 Å². The van der Waals surface area contributed by atoms with Crippen molar-refractivity contribution >= 4 is 52.0 Å². The van der Waals surface area contributed by atoms with Gasteiger partial charge in [0.05, 0.1) is 18.7 Å². The Bertz CT molecular complexity index is 1430. The number of thioether (sulfide) groups is 1. The van der Waals surface area contributed by atoms with Gasteiger partial charge in [-0.05, 0) is 79.8 Å². The molecule has 3 heterocycles. The van der Waals surface area contributed by atoms with Gasteiger partial charge in [-0.3, -0.25) is 4.79 Å². The quantitative estimate of drug-likeness (QED) is 0.346. The van der Waals surface area contributed by atoms with Gasteiger partial charge in [0.15, 0.2) is 5.17 Å². The molecule has 1 saturated heterocycles. The third kappa shape index (κ3) is 4.78. The molecule has 4 atom stereocenters. The van der Waals surface area contributed by atoms with Gasteiger partial charge in [-0.25, -0.2) is 9.79 Å². The van der Waals surface area contributed by atoms with E-state index in [2.05, 4.69) is 17.9 Å². The van der Waals surface area contributed by atoms with Crippen LogP contribution in [0.2, 0.25) is 10.0 Å². The number of rotatable bonds is 6. The van der Waals surface area contributed by atoms with Crippen molar-refractivity contribution in [3.05, 3.63) is 80.3 Å². The number of fused-ring (bicyclic) bond motifs is 1. The molecule has 0 bridgehead atoms. The van der Waals surface area contributed by atoms with Crippen molar-refractivity contribution in [2.45, 2.75) is 64.2 Å². The van der Waals surface area contributed by atoms with E-state index in [4.69, 9.17) is 32.9 Å². The standard InChI is InChI=1S/C30H30Cl2N4O3S/c1-5-39-28(38)23-15-14-22(16-33)35(23)27(37)25-24(17(2)3)36-26(18-6-10-20(31)11-7-18)30(4,34-29(36)40-25)19-8-12-21(32)13-9-19/h6-13,17,22-23,26H,5,14-15H2,1-4H3/t22-,23-,26+,30-/m0/s1. The van der Waals surface area contributed by atoms with E-state index < -0.39 is 23.6 Å². The van der Waals surface area contributed by atoms with Crippen molar-refractivity contribution < 1.29 is 14.3 Å². The van der Waals surface area contributed by atoms with Crippen LogP contribution in [0.1, 0.15) is 57.7 Å². The number of ether oxygens (including phenoxy) is 1. The summed E-state index contributed by atoms with van der Waals surface area (Å²) in [5, 5.41) is 11.8. The average molecular weight is 598 g/mol. The average Bonchev–Trinajstić information content (AvgIpc) is 3.59. The van der Waals surface area contributed by atoms with E-state index in [1.54, 1.807) is 6.92 Å². The summed E-state index contributed by atoms with van der Waals surface area (Å²) >= 11 is 13.8. The Balaban J connectivity index is 1.62. The van der Waals surface area contributed by atoms with Crippen molar-refractivity contribution in [3.63, 3.8) is 0 Å². The number of halogens is 2. The second-order valence-electron chi connectivity index (χ2n) is 10.5. The molecule has 1 fully saturated rings. The summed E-state index contributed by atoms with van der Waals surface area (Å²) in [5.74, 6) is -0.864. The van der Waals surface area contributed by atoms with Gasteiger partial charge in [0.1, 0.15) is 22.5 Å². The van der Waals surface area contributed by atoms with Crippen molar-refractivity contribution in [1.29, 1.82) is 5.26 Å². The predicted octanol–water partition coefficient (Wildman–Crippen LogP) is 6.68. The summed E-state index contributed by atoms with van der Waals surface area (Å²) in [6, 6.07) is 15.8. The van der Waals surface area contributed by atoms with Gasteiger partial charge in [0, 0.05) is 15.7 Å². The third-order valence-electron chi connectivity index (χ3n) is 7.69.